The normalized spacial score (nSPS) is 15.6. The van der Waals surface area contributed by atoms with Crippen molar-refractivity contribution in [3.63, 3.8) is 0 Å². The van der Waals surface area contributed by atoms with Crippen LogP contribution in [0.3, 0.4) is 0 Å². The molecule has 0 saturated heterocycles. The quantitative estimate of drug-likeness (QED) is 0.668. The van der Waals surface area contributed by atoms with Crippen LogP contribution < -0.4 is 0 Å². The molecule has 1 aromatic carbocycles. The maximum atomic E-state index is 6.34. The van der Waals surface area contributed by atoms with Gasteiger partial charge in [0.15, 0.2) is 8.32 Å². The summed E-state index contributed by atoms with van der Waals surface area (Å²) in [4.78, 5) is 0. The standard InChI is InChI=1S/C15H26OSi/c1-6-15(2,16-17(3,4)5)13-12-14-10-8-7-9-11-14/h7-11H,6,12-13H2,1-5H3. The van der Waals surface area contributed by atoms with Crippen molar-refractivity contribution in [2.45, 2.75) is 58.4 Å². The van der Waals surface area contributed by atoms with Crippen LogP contribution in [0.15, 0.2) is 30.3 Å². The largest absolute Gasteiger partial charge is 0.412 e. The highest BCUT2D eigenvalue weighted by Crippen LogP contribution is 2.26. The molecule has 1 unspecified atom stereocenters. The Kier molecular flexibility index (Phi) is 4.96. The minimum Gasteiger partial charge on any atom is -0.412 e. The molecule has 0 saturated carbocycles. The van der Waals surface area contributed by atoms with Gasteiger partial charge in [-0.25, -0.2) is 0 Å². The molecule has 1 nitrogen and oxygen atoms in total. The third-order valence-electron chi connectivity index (χ3n) is 3.09. The van der Waals surface area contributed by atoms with Crippen LogP contribution in [0.4, 0.5) is 0 Å². The molecule has 2 heteroatoms. The van der Waals surface area contributed by atoms with Crippen molar-refractivity contribution >= 4 is 8.32 Å². The first kappa shape index (κ1) is 14.5. The Balaban J connectivity index is 2.58. The van der Waals surface area contributed by atoms with Gasteiger partial charge >= 0.3 is 0 Å². The molecule has 0 aliphatic rings. The summed E-state index contributed by atoms with van der Waals surface area (Å²) < 4.78 is 6.34. The zero-order valence-electron chi connectivity index (χ0n) is 11.9. The van der Waals surface area contributed by atoms with Gasteiger partial charge in [0.2, 0.25) is 0 Å². The average molecular weight is 250 g/mol. The average Bonchev–Trinajstić information content (AvgIpc) is 2.26. The van der Waals surface area contributed by atoms with Crippen LogP contribution in [0.5, 0.6) is 0 Å². The van der Waals surface area contributed by atoms with Crippen LogP contribution in [0.1, 0.15) is 32.3 Å². The molecule has 0 bridgehead atoms. The Hall–Kier alpha value is -0.603. The van der Waals surface area contributed by atoms with Gasteiger partial charge < -0.3 is 4.43 Å². The van der Waals surface area contributed by atoms with E-state index in [2.05, 4.69) is 63.8 Å². The van der Waals surface area contributed by atoms with Gasteiger partial charge in [-0.2, -0.15) is 0 Å². The van der Waals surface area contributed by atoms with Crippen LogP contribution in [0.2, 0.25) is 19.6 Å². The number of hydrogen-bond donors (Lipinski definition) is 0. The molecule has 0 radical (unpaired) electrons. The van der Waals surface area contributed by atoms with Crippen LogP contribution in [-0.4, -0.2) is 13.9 Å². The molecular formula is C15H26OSi. The first-order valence-electron chi connectivity index (χ1n) is 6.59. The molecule has 0 N–H and O–H groups in total. The summed E-state index contributed by atoms with van der Waals surface area (Å²) in [5.74, 6) is 0. The predicted octanol–water partition coefficient (Wildman–Crippen LogP) is 4.64. The fourth-order valence-corrected chi connectivity index (χ4v) is 3.82. The highest BCUT2D eigenvalue weighted by atomic mass is 28.4. The van der Waals surface area contributed by atoms with E-state index >= 15 is 0 Å². The lowest BCUT2D eigenvalue weighted by Gasteiger charge is -2.35. The van der Waals surface area contributed by atoms with Crippen molar-refractivity contribution in [3.05, 3.63) is 35.9 Å². The minimum atomic E-state index is -1.45. The first-order chi connectivity index (χ1) is 7.85. The lowest BCUT2D eigenvalue weighted by molar-refractivity contribution is 0.0672. The lowest BCUT2D eigenvalue weighted by atomic mass is 9.94. The maximum absolute atomic E-state index is 6.34. The number of aryl methyl sites for hydroxylation is 1. The molecule has 0 aliphatic heterocycles. The van der Waals surface area contributed by atoms with E-state index in [1.54, 1.807) is 0 Å². The first-order valence-corrected chi connectivity index (χ1v) is 9.99. The lowest BCUT2D eigenvalue weighted by Crippen LogP contribution is -2.40. The predicted molar refractivity (Wildman–Crippen MR) is 77.9 cm³/mol. The van der Waals surface area contributed by atoms with E-state index in [0.717, 1.165) is 19.3 Å². The van der Waals surface area contributed by atoms with Gasteiger partial charge in [0.25, 0.3) is 0 Å². The summed E-state index contributed by atoms with van der Waals surface area (Å²) in [5, 5.41) is 0. The zero-order valence-corrected chi connectivity index (χ0v) is 12.9. The van der Waals surface area contributed by atoms with Gasteiger partial charge in [-0.05, 0) is 51.4 Å². The fraction of sp³-hybridized carbons (Fsp3) is 0.600. The summed E-state index contributed by atoms with van der Waals surface area (Å²) in [5.41, 5.74) is 1.45. The molecule has 96 valence electrons. The molecule has 0 amide bonds. The number of benzene rings is 1. The van der Waals surface area contributed by atoms with Gasteiger partial charge in [-0.3, -0.25) is 0 Å². The smallest absolute Gasteiger partial charge is 0.184 e. The number of hydrogen-bond acceptors (Lipinski definition) is 1. The van der Waals surface area contributed by atoms with Crippen molar-refractivity contribution in [3.8, 4) is 0 Å². The van der Waals surface area contributed by atoms with Crippen molar-refractivity contribution < 1.29 is 4.43 Å². The van der Waals surface area contributed by atoms with Crippen molar-refractivity contribution in [1.29, 1.82) is 0 Å². The second-order valence-corrected chi connectivity index (χ2v) is 10.4. The van der Waals surface area contributed by atoms with Crippen LogP contribution in [0, 0.1) is 0 Å². The van der Waals surface area contributed by atoms with Gasteiger partial charge in [0.05, 0.1) is 5.60 Å². The second kappa shape index (κ2) is 5.83. The Bertz CT molecular complexity index is 329. The van der Waals surface area contributed by atoms with Gasteiger partial charge in [0, 0.05) is 0 Å². The van der Waals surface area contributed by atoms with Gasteiger partial charge in [-0.15, -0.1) is 0 Å². The van der Waals surface area contributed by atoms with E-state index in [4.69, 9.17) is 4.43 Å². The van der Waals surface area contributed by atoms with E-state index < -0.39 is 8.32 Å². The monoisotopic (exact) mass is 250 g/mol. The Morgan fingerprint density at radius 2 is 1.71 bits per heavy atom. The third kappa shape index (κ3) is 5.51. The van der Waals surface area contributed by atoms with E-state index in [1.165, 1.54) is 5.56 Å². The molecular weight excluding hydrogens is 224 g/mol. The van der Waals surface area contributed by atoms with Crippen molar-refractivity contribution in [2.75, 3.05) is 0 Å². The molecule has 1 aromatic rings. The molecule has 0 spiro atoms. The second-order valence-electron chi connectivity index (χ2n) is 6.00. The van der Waals surface area contributed by atoms with E-state index in [0.29, 0.717) is 0 Å². The Morgan fingerprint density at radius 1 is 1.12 bits per heavy atom. The molecule has 1 atom stereocenters. The minimum absolute atomic E-state index is 0.0420. The fourth-order valence-electron chi connectivity index (χ4n) is 2.09. The van der Waals surface area contributed by atoms with Crippen molar-refractivity contribution in [2.24, 2.45) is 0 Å². The molecule has 0 aliphatic carbocycles. The highest BCUT2D eigenvalue weighted by Gasteiger charge is 2.29. The summed E-state index contributed by atoms with van der Waals surface area (Å²) in [6, 6.07) is 10.7. The maximum Gasteiger partial charge on any atom is 0.184 e. The topological polar surface area (TPSA) is 9.23 Å². The van der Waals surface area contributed by atoms with Crippen LogP contribution in [-0.2, 0) is 10.8 Å². The third-order valence-corrected chi connectivity index (χ3v) is 4.19. The molecule has 0 heterocycles. The SMILES string of the molecule is CCC(C)(CCc1ccccc1)O[Si](C)(C)C. The molecule has 17 heavy (non-hydrogen) atoms. The van der Waals surface area contributed by atoms with E-state index in [1.807, 2.05) is 0 Å². The van der Waals surface area contributed by atoms with Gasteiger partial charge in [0.1, 0.15) is 0 Å². The summed E-state index contributed by atoms with van der Waals surface area (Å²) in [6.45, 7) is 11.3. The molecule has 1 rings (SSSR count). The van der Waals surface area contributed by atoms with Crippen molar-refractivity contribution in [1.82, 2.24) is 0 Å². The summed E-state index contributed by atoms with van der Waals surface area (Å²) in [6.07, 6.45) is 3.30. The van der Waals surface area contributed by atoms with E-state index in [-0.39, 0.29) is 5.60 Å². The van der Waals surface area contributed by atoms with Crippen LogP contribution >= 0.6 is 0 Å². The highest BCUT2D eigenvalue weighted by molar-refractivity contribution is 6.69. The number of rotatable bonds is 6. The Morgan fingerprint density at radius 3 is 2.18 bits per heavy atom. The van der Waals surface area contributed by atoms with E-state index in [9.17, 15) is 0 Å². The van der Waals surface area contributed by atoms with Crippen LogP contribution in [0.25, 0.3) is 0 Å². The zero-order chi connectivity index (χ0) is 12.9. The Labute approximate surface area is 107 Å². The molecule has 0 fully saturated rings. The summed E-state index contributed by atoms with van der Waals surface area (Å²) in [7, 11) is -1.45. The molecule has 0 aromatic heterocycles. The van der Waals surface area contributed by atoms with Gasteiger partial charge in [-0.1, -0.05) is 37.3 Å². The summed E-state index contributed by atoms with van der Waals surface area (Å²) >= 11 is 0.